The predicted octanol–water partition coefficient (Wildman–Crippen LogP) is 5.87. The number of thioether (sulfide) groups is 3. The van der Waals surface area contributed by atoms with Crippen molar-refractivity contribution in [3.8, 4) is 11.5 Å². The van der Waals surface area contributed by atoms with Gasteiger partial charge in [0.05, 0.1) is 9.64 Å². The van der Waals surface area contributed by atoms with E-state index in [0.29, 0.717) is 35.3 Å². The number of ketones is 1. The smallest absolute Gasteiger partial charge is 0.303 e. The second kappa shape index (κ2) is 11.4. The van der Waals surface area contributed by atoms with E-state index in [1.165, 1.54) is 6.92 Å². The lowest BCUT2D eigenvalue weighted by atomic mass is 10.0. The summed E-state index contributed by atoms with van der Waals surface area (Å²) in [7, 11) is 0. The SMILES string of the molecule is CCCc1c(OC(C)CSCC2CSC3(CCC(CC(=O)O)C3)S2)ccc(C(C)=O)c1O. The highest BCUT2D eigenvalue weighted by molar-refractivity contribution is 8.22. The summed E-state index contributed by atoms with van der Waals surface area (Å²) in [6.45, 7) is 5.55. The van der Waals surface area contributed by atoms with Crippen molar-refractivity contribution in [2.45, 2.75) is 74.7 Å². The third-order valence-corrected chi connectivity index (χ3v) is 11.4. The topological polar surface area (TPSA) is 83.8 Å². The maximum Gasteiger partial charge on any atom is 0.303 e. The van der Waals surface area contributed by atoms with Gasteiger partial charge in [0.15, 0.2) is 5.78 Å². The van der Waals surface area contributed by atoms with Gasteiger partial charge in [0.2, 0.25) is 0 Å². The molecule has 2 aliphatic rings. The molecule has 0 radical (unpaired) electrons. The Morgan fingerprint density at radius 2 is 2.16 bits per heavy atom. The van der Waals surface area contributed by atoms with Crippen molar-refractivity contribution in [2.24, 2.45) is 5.92 Å². The molecule has 0 aromatic heterocycles. The van der Waals surface area contributed by atoms with Crippen LogP contribution in [0.5, 0.6) is 11.5 Å². The van der Waals surface area contributed by atoms with Crippen LogP contribution in [0, 0.1) is 5.92 Å². The Balaban J connectivity index is 1.47. The van der Waals surface area contributed by atoms with E-state index in [-0.39, 0.29) is 21.7 Å². The number of carbonyl (C=O) groups excluding carboxylic acids is 1. The van der Waals surface area contributed by atoms with Gasteiger partial charge in [-0.25, -0.2) is 0 Å². The highest BCUT2D eigenvalue weighted by atomic mass is 32.2. The van der Waals surface area contributed by atoms with Crippen molar-refractivity contribution in [2.75, 3.05) is 17.3 Å². The highest BCUT2D eigenvalue weighted by Crippen LogP contribution is 2.59. The number of benzene rings is 1. The summed E-state index contributed by atoms with van der Waals surface area (Å²) in [6, 6.07) is 3.46. The van der Waals surface area contributed by atoms with E-state index < -0.39 is 5.97 Å². The minimum atomic E-state index is -0.674. The Morgan fingerprint density at radius 3 is 2.84 bits per heavy atom. The van der Waals surface area contributed by atoms with Crippen LogP contribution in [-0.2, 0) is 11.2 Å². The average molecular weight is 499 g/mol. The van der Waals surface area contributed by atoms with Crippen LogP contribution < -0.4 is 4.74 Å². The summed E-state index contributed by atoms with van der Waals surface area (Å²) in [6.07, 6.45) is 5.02. The van der Waals surface area contributed by atoms with Gasteiger partial charge in [-0.3, -0.25) is 9.59 Å². The van der Waals surface area contributed by atoms with Crippen LogP contribution in [-0.4, -0.2) is 54.7 Å². The monoisotopic (exact) mass is 498 g/mol. The van der Waals surface area contributed by atoms with Crippen LogP contribution in [0.1, 0.15) is 68.8 Å². The molecule has 1 aromatic carbocycles. The molecule has 2 N–H and O–H groups in total. The van der Waals surface area contributed by atoms with Gasteiger partial charge >= 0.3 is 5.97 Å². The number of rotatable bonds is 11. The molecule has 3 rings (SSSR count). The molecule has 1 aliphatic carbocycles. The summed E-state index contributed by atoms with van der Waals surface area (Å²) in [5, 5.41) is 20.2. The molecule has 2 fully saturated rings. The van der Waals surface area contributed by atoms with Gasteiger partial charge in [-0.05, 0) is 57.6 Å². The summed E-state index contributed by atoms with van der Waals surface area (Å²) in [5.74, 6) is 3.29. The Bertz CT molecular complexity index is 830. The van der Waals surface area contributed by atoms with Crippen molar-refractivity contribution in [1.29, 1.82) is 0 Å². The Hall–Kier alpha value is -0.990. The fraction of sp³-hybridized carbons (Fsp3) is 0.667. The lowest BCUT2D eigenvalue weighted by molar-refractivity contribution is -0.138. The maximum atomic E-state index is 11.7. The summed E-state index contributed by atoms with van der Waals surface area (Å²) in [5.41, 5.74) is 1.07. The average Bonchev–Trinajstić information content (AvgIpc) is 3.30. The van der Waals surface area contributed by atoms with Crippen molar-refractivity contribution in [3.63, 3.8) is 0 Å². The number of aromatic hydroxyl groups is 1. The first-order valence-corrected chi connectivity index (χ1v) is 14.4. The zero-order chi connectivity index (χ0) is 23.3. The van der Waals surface area contributed by atoms with Gasteiger partial charge < -0.3 is 14.9 Å². The van der Waals surface area contributed by atoms with Crippen LogP contribution >= 0.6 is 35.3 Å². The molecule has 0 amide bonds. The van der Waals surface area contributed by atoms with Gasteiger partial charge in [0.1, 0.15) is 17.6 Å². The number of phenols is 1. The molecule has 1 saturated carbocycles. The molecule has 178 valence electrons. The Morgan fingerprint density at radius 1 is 1.38 bits per heavy atom. The normalized spacial score (nSPS) is 25.8. The first-order valence-electron chi connectivity index (χ1n) is 11.4. The minimum absolute atomic E-state index is 0.00220. The standard InChI is InChI=1S/C24H34O5S3/c1-4-5-20-21(7-6-19(16(3)25)23(20)28)29-15(2)12-30-13-18-14-31-24(32-18)9-8-17(11-24)10-22(26)27/h6-7,15,17-18,28H,4-5,8-14H2,1-3H3,(H,26,27). The molecule has 5 nitrogen and oxygen atoms in total. The molecule has 4 atom stereocenters. The second-order valence-electron chi connectivity index (χ2n) is 8.88. The number of Topliss-reactive ketones (excluding diaryl/α,β-unsaturated/α-hetero) is 1. The van der Waals surface area contributed by atoms with Crippen LogP contribution in [0.4, 0.5) is 0 Å². The van der Waals surface area contributed by atoms with Crippen LogP contribution in [0.15, 0.2) is 12.1 Å². The van der Waals surface area contributed by atoms with E-state index in [1.807, 2.05) is 43.4 Å². The molecular formula is C24H34O5S3. The fourth-order valence-corrected chi connectivity index (χ4v) is 9.93. The quantitative estimate of drug-likeness (QED) is 0.367. The van der Waals surface area contributed by atoms with Crippen molar-refractivity contribution in [1.82, 2.24) is 0 Å². The van der Waals surface area contributed by atoms with Crippen molar-refractivity contribution in [3.05, 3.63) is 23.3 Å². The summed E-state index contributed by atoms with van der Waals surface area (Å²) < 4.78 is 6.40. The number of hydrogen-bond acceptors (Lipinski definition) is 7. The summed E-state index contributed by atoms with van der Waals surface area (Å²) >= 11 is 5.99. The Kier molecular flexibility index (Phi) is 9.15. The van der Waals surface area contributed by atoms with Gasteiger partial charge in [0.25, 0.3) is 0 Å². The molecule has 32 heavy (non-hydrogen) atoms. The van der Waals surface area contributed by atoms with E-state index in [4.69, 9.17) is 9.84 Å². The molecular weight excluding hydrogens is 464 g/mol. The first kappa shape index (κ1) is 25.6. The summed E-state index contributed by atoms with van der Waals surface area (Å²) in [4.78, 5) is 22.8. The van der Waals surface area contributed by atoms with E-state index in [2.05, 4.69) is 11.8 Å². The van der Waals surface area contributed by atoms with Crippen LogP contribution in [0.3, 0.4) is 0 Å². The van der Waals surface area contributed by atoms with E-state index in [0.717, 1.165) is 48.5 Å². The largest absolute Gasteiger partial charge is 0.507 e. The second-order valence-corrected chi connectivity index (χ2v) is 13.3. The molecule has 1 saturated heterocycles. The molecule has 0 bridgehead atoms. The zero-order valence-corrected chi connectivity index (χ0v) is 21.5. The van der Waals surface area contributed by atoms with Gasteiger partial charge in [0, 0.05) is 34.5 Å². The number of phenolic OH excluding ortho intramolecular Hbond substituents is 1. The molecule has 1 aromatic rings. The van der Waals surface area contributed by atoms with E-state index >= 15 is 0 Å². The fourth-order valence-electron chi connectivity index (χ4n) is 4.55. The molecule has 1 spiro atoms. The molecule has 8 heteroatoms. The Labute approximate surface area is 203 Å². The van der Waals surface area contributed by atoms with Crippen LogP contribution in [0.25, 0.3) is 0 Å². The first-order chi connectivity index (χ1) is 15.2. The number of hydrogen-bond donors (Lipinski definition) is 2. The number of carboxylic acids is 1. The van der Waals surface area contributed by atoms with Gasteiger partial charge in [-0.1, -0.05) is 13.3 Å². The van der Waals surface area contributed by atoms with Crippen LogP contribution in [0.2, 0.25) is 0 Å². The third kappa shape index (κ3) is 6.54. The lowest BCUT2D eigenvalue weighted by Crippen LogP contribution is -2.18. The predicted molar refractivity (Wildman–Crippen MR) is 136 cm³/mol. The zero-order valence-electron chi connectivity index (χ0n) is 19.1. The number of ether oxygens (including phenoxy) is 1. The van der Waals surface area contributed by atoms with E-state index in [9.17, 15) is 14.7 Å². The minimum Gasteiger partial charge on any atom is -0.507 e. The molecule has 4 unspecified atom stereocenters. The van der Waals surface area contributed by atoms with E-state index in [1.54, 1.807) is 6.07 Å². The number of carboxylic acid groups (broad SMARTS) is 1. The molecule has 1 heterocycles. The highest BCUT2D eigenvalue weighted by Gasteiger charge is 2.46. The number of aliphatic carboxylic acids is 1. The molecule has 1 aliphatic heterocycles. The maximum absolute atomic E-state index is 11.7. The lowest BCUT2D eigenvalue weighted by Gasteiger charge is -2.22. The van der Waals surface area contributed by atoms with Crippen molar-refractivity contribution >= 4 is 47.0 Å². The van der Waals surface area contributed by atoms with Gasteiger partial charge in [-0.2, -0.15) is 11.8 Å². The van der Waals surface area contributed by atoms with Crippen molar-refractivity contribution < 1.29 is 24.5 Å². The number of carbonyl (C=O) groups is 2. The third-order valence-electron chi connectivity index (χ3n) is 6.01. The van der Waals surface area contributed by atoms with Gasteiger partial charge in [-0.15, -0.1) is 23.5 Å².